The second kappa shape index (κ2) is 7.00. The molecule has 3 aromatic carbocycles. The molecular weight excluding hydrogens is 356 g/mol. The lowest BCUT2D eigenvalue weighted by atomic mass is 10.0. The molecule has 0 atom stereocenters. The van der Waals surface area contributed by atoms with Gasteiger partial charge >= 0.3 is 6.03 Å². The predicted molar refractivity (Wildman–Crippen MR) is 106 cm³/mol. The van der Waals surface area contributed by atoms with Crippen molar-refractivity contribution < 1.29 is 19.1 Å². The highest BCUT2D eigenvalue weighted by atomic mass is 16.5. The Bertz CT molecular complexity index is 1140. The Balaban J connectivity index is 1.83. The van der Waals surface area contributed by atoms with Gasteiger partial charge in [-0.2, -0.15) is 0 Å². The zero-order chi connectivity index (χ0) is 19.7. The van der Waals surface area contributed by atoms with Crippen LogP contribution in [0.1, 0.15) is 5.56 Å². The minimum Gasteiger partial charge on any atom is -0.495 e. The van der Waals surface area contributed by atoms with Crippen molar-refractivity contribution in [2.75, 3.05) is 12.0 Å². The van der Waals surface area contributed by atoms with Crippen LogP contribution >= 0.6 is 0 Å². The summed E-state index contributed by atoms with van der Waals surface area (Å²) in [5.74, 6) is -1.08. The SMILES string of the molecule is COc1ccccc1N1C(=O)NC(=O)C(=Cc2cccc3ccccc23)C1=O. The van der Waals surface area contributed by atoms with E-state index in [4.69, 9.17) is 4.74 Å². The topological polar surface area (TPSA) is 75.7 Å². The first-order chi connectivity index (χ1) is 13.6. The first-order valence-electron chi connectivity index (χ1n) is 8.62. The van der Waals surface area contributed by atoms with Crippen molar-refractivity contribution in [3.63, 3.8) is 0 Å². The summed E-state index contributed by atoms with van der Waals surface area (Å²) in [4.78, 5) is 38.8. The fraction of sp³-hybridized carbons (Fsp3) is 0.0455. The monoisotopic (exact) mass is 372 g/mol. The lowest BCUT2D eigenvalue weighted by Gasteiger charge is -2.27. The first kappa shape index (κ1) is 17.5. The van der Waals surface area contributed by atoms with Gasteiger partial charge in [-0.3, -0.25) is 14.9 Å². The van der Waals surface area contributed by atoms with Crippen LogP contribution in [0.4, 0.5) is 10.5 Å². The van der Waals surface area contributed by atoms with Crippen LogP contribution in [-0.2, 0) is 9.59 Å². The number of nitrogens with zero attached hydrogens (tertiary/aromatic N) is 1. The van der Waals surface area contributed by atoms with Crippen molar-refractivity contribution in [1.82, 2.24) is 5.32 Å². The number of urea groups is 1. The maximum absolute atomic E-state index is 13.1. The summed E-state index contributed by atoms with van der Waals surface area (Å²) < 4.78 is 5.25. The van der Waals surface area contributed by atoms with Crippen LogP contribution < -0.4 is 15.0 Å². The number of imide groups is 2. The van der Waals surface area contributed by atoms with Gasteiger partial charge in [0.15, 0.2) is 0 Å². The number of methoxy groups -OCH3 is 1. The van der Waals surface area contributed by atoms with Crippen molar-refractivity contribution in [3.8, 4) is 5.75 Å². The van der Waals surface area contributed by atoms with Crippen LogP contribution in [0.2, 0.25) is 0 Å². The van der Waals surface area contributed by atoms with Crippen LogP contribution in [0.15, 0.2) is 72.3 Å². The lowest BCUT2D eigenvalue weighted by molar-refractivity contribution is -0.122. The number of para-hydroxylation sites is 2. The minimum absolute atomic E-state index is 0.123. The largest absolute Gasteiger partial charge is 0.495 e. The van der Waals surface area contributed by atoms with Crippen LogP contribution in [0, 0.1) is 0 Å². The molecule has 1 saturated heterocycles. The number of carbonyl (C=O) groups excluding carboxylic acids is 3. The van der Waals surface area contributed by atoms with Gasteiger partial charge in [0.25, 0.3) is 11.8 Å². The number of amides is 4. The number of rotatable bonds is 3. The molecule has 0 bridgehead atoms. The first-order valence-corrected chi connectivity index (χ1v) is 8.62. The molecule has 1 N–H and O–H groups in total. The van der Waals surface area contributed by atoms with Crippen molar-refractivity contribution in [2.45, 2.75) is 0 Å². The molecule has 0 aliphatic carbocycles. The van der Waals surface area contributed by atoms with Gasteiger partial charge in [0, 0.05) is 0 Å². The third-order valence-electron chi connectivity index (χ3n) is 4.55. The van der Waals surface area contributed by atoms with Crippen LogP contribution in [0.3, 0.4) is 0 Å². The van der Waals surface area contributed by atoms with Crippen molar-refractivity contribution in [1.29, 1.82) is 0 Å². The lowest BCUT2D eigenvalue weighted by Crippen LogP contribution is -2.54. The molecule has 0 aromatic heterocycles. The third-order valence-corrected chi connectivity index (χ3v) is 4.55. The summed E-state index contributed by atoms with van der Waals surface area (Å²) in [6.45, 7) is 0. The van der Waals surface area contributed by atoms with Crippen molar-refractivity contribution >= 4 is 40.4 Å². The molecule has 1 aliphatic rings. The maximum Gasteiger partial charge on any atom is 0.336 e. The van der Waals surface area contributed by atoms with Gasteiger partial charge < -0.3 is 4.74 Å². The predicted octanol–water partition coefficient (Wildman–Crippen LogP) is 3.51. The van der Waals surface area contributed by atoms with Gasteiger partial charge in [0.2, 0.25) is 0 Å². The molecule has 0 unspecified atom stereocenters. The van der Waals surface area contributed by atoms with Crippen LogP contribution in [0.25, 0.3) is 16.8 Å². The third kappa shape index (κ3) is 2.91. The summed E-state index contributed by atoms with van der Waals surface area (Å²) in [6.07, 6.45) is 1.51. The molecule has 3 aromatic rings. The van der Waals surface area contributed by atoms with Gasteiger partial charge in [-0.1, -0.05) is 54.6 Å². The van der Waals surface area contributed by atoms with Gasteiger partial charge in [0.1, 0.15) is 11.3 Å². The maximum atomic E-state index is 13.1. The van der Waals surface area contributed by atoms with Gasteiger partial charge in [-0.05, 0) is 34.5 Å². The van der Waals surface area contributed by atoms with E-state index in [2.05, 4.69) is 5.32 Å². The van der Waals surface area contributed by atoms with E-state index in [0.717, 1.165) is 15.7 Å². The zero-order valence-corrected chi connectivity index (χ0v) is 15.0. The van der Waals surface area contributed by atoms with Crippen LogP contribution in [-0.4, -0.2) is 25.0 Å². The van der Waals surface area contributed by atoms with E-state index < -0.39 is 17.8 Å². The van der Waals surface area contributed by atoms with Gasteiger partial charge in [-0.15, -0.1) is 0 Å². The number of carbonyl (C=O) groups is 3. The fourth-order valence-electron chi connectivity index (χ4n) is 3.22. The van der Waals surface area contributed by atoms with Gasteiger partial charge in [0.05, 0.1) is 12.8 Å². The second-order valence-electron chi connectivity index (χ2n) is 6.20. The summed E-state index contributed by atoms with van der Waals surface area (Å²) in [6, 6.07) is 19.1. The number of nitrogens with one attached hydrogen (secondary N) is 1. The Hall–Kier alpha value is -3.93. The van der Waals surface area contributed by atoms with Crippen molar-refractivity contribution in [3.05, 3.63) is 77.9 Å². The molecule has 6 nitrogen and oxygen atoms in total. The molecule has 1 aliphatic heterocycles. The number of benzene rings is 3. The normalized spacial score (nSPS) is 15.8. The highest BCUT2D eigenvalue weighted by Crippen LogP contribution is 2.31. The standard InChI is InChI=1S/C22H16N2O4/c1-28-19-12-5-4-11-18(19)24-21(26)17(20(25)23-22(24)27)13-15-9-6-8-14-7-2-3-10-16(14)15/h2-13H,1H3,(H,23,25,27). The van der Waals surface area contributed by atoms with Crippen LogP contribution in [0.5, 0.6) is 5.75 Å². The Morgan fingerprint density at radius 1 is 0.893 bits per heavy atom. The number of barbiturate groups is 1. The molecular formula is C22H16N2O4. The van der Waals surface area contributed by atoms with E-state index in [9.17, 15) is 14.4 Å². The molecule has 0 radical (unpaired) electrons. The second-order valence-corrected chi connectivity index (χ2v) is 6.20. The van der Waals surface area contributed by atoms with Crippen molar-refractivity contribution in [2.24, 2.45) is 0 Å². The summed E-state index contributed by atoms with van der Waals surface area (Å²) in [7, 11) is 1.45. The molecule has 4 amide bonds. The van der Waals surface area contributed by atoms with E-state index >= 15 is 0 Å². The Morgan fingerprint density at radius 2 is 1.61 bits per heavy atom. The van der Waals surface area contributed by atoms with E-state index in [1.165, 1.54) is 13.2 Å². The molecule has 0 saturated carbocycles. The molecule has 4 rings (SSSR count). The molecule has 6 heteroatoms. The van der Waals surface area contributed by atoms with Gasteiger partial charge in [-0.25, -0.2) is 9.69 Å². The quantitative estimate of drug-likeness (QED) is 0.564. The smallest absolute Gasteiger partial charge is 0.336 e. The number of hydrogen-bond acceptors (Lipinski definition) is 4. The molecule has 28 heavy (non-hydrogen) atoms. The summed E-state index contributed by atoms with van der Waals surface area (Å²) in [5, 5.41) is 4.12. The Morgan fingerprint density at radius 3 is 2.43 bits per heavy atom. The average Bonchev–Trinajstić information content (AvgIpc) is 2.71. The summed E-state index contributed by atoms with van der Waals surface area (Å²) >= 11 is 0. The Kier molecular flexibility index (Phi) is 4.37. The molecule has 1 heterocycles. The van der Waals surface area contributed by atoms with E-state index in [0.29, 0.717) is 11.3 Å². The number of ether oxygens (including phenoxy) is 1. The highest BCUT2D eigenvalue weighted by molar-refractivity contribution is 6.39. The highest BCUT2D eigenvalue weighted by Gasteiger charge is 2.38. The summed E-state index contributed by atoms with van der Waals surface area (Å²) in [5.41, 5.74) is 0.858. The van der Waals surface area contributed by atoms with E-state index in [1.807, 2.05) is 42.5 Å². The van der Waals surface area contributed by atoms with E-state index in [1.54, 1.807) is 24.3 Å². The fourth-order valence-corrected chi connectivity index (χ4v) is 3.22. The molecule has 0 spiro atoms. The zero-order valence-electron chi connectivity index (χ0n) is 15.0. The minimum atomic E-state index is -0.811. The number of fused-ring (bicyclic) bond motifs is 1. The number of hydrogen-bond donors (Lipinski definition) is 1. The Labute approximate surface area is 161 Å². The average molecular weight is 372 g/mol. The molecule has 1 fully saturated rings. The van der Waals surface area contributed by atoms with E-state index in [-0.39, 0.29) is 11.3 Å². The number of anilines is 1. The molecule has 138 valence electrons.